The number of carbonyl (C=O) groups is 1. The van der Waals surface area contributed by atoms with Crippen molar-refractivity contribution in [1.82, 2.24) is 5.32 Å². The number of ketones is 1. The van der Waals surface area contributed by atoms with E-state index in [4.69, 9.17) is 6.42 Å². The summed E-state index contributed by atoms with van der Waals surface area (Å²) in [5, 5.41) is 7.27. The summed E-state index contributed by atoms with van der Waals surface area (Å²) >= 11 is 0. The highest BCUT2D eigenvalue weighted by Crippen LogP contribution is 2.62. The second kappa shape index (κ2) is 9.51. The summed E-state index contributed by atoms with van der Waals surface area (Å²) in [5.74, 6) is 2.24. The number of terminal acetylenes is 1. The molecular weight excluding hydrogens is 441 g/mol. The van der Waals surface area contributed by atoms with E-state index in [0.29, 0.717) is 0 Å². The number of benzene rings is 3. The first-order chi connectivity index (χ1) is 13.8. The molecule has 1 saturated heterocycles. The van der Waals surface area contributed by atoms with E-state index >= 15 is 0 Å². The van der Waals surface area contributed by atoms with Crippen LogP contribution in [-0.4, -0.2) is 24.0 Å². The van der Waals surface area contributed by atoms with Crippen molar-refractivity contribution in [2.75, 3.05) is 6.54 Å². The van der Waals surface area contributed by atoms with Crippen LogP contribution in [-0.2, 0) is 4.79 Å². The van der Waals surface area contributed by atoms with Gasteiger partial charge in [-0.1, -0.05) is 54.6 Å². The van der Waals surface area contributed by atoms with Crippen LogP contribution in [0, 0.1) is 12.3 Å². The summed E-state index contributed by atoms with van der Waals surface area (Å²) in [7, 11) is -2.10. The maximum Gasteiger partial charge on any atom is 0.226 e. The smallest absolute Gasteiger partial charge is 0.226 e. The third kappa shape index (κ3) is 3.81. The van der Waals surface area contributed by atoms with Gasteiger partial charge < -0.3 is 22.3 Å². The fourth-order valence-electron chi connectivity index (χ4n) is 4.47. The van der Waals surface area contributed by atoms with Gasteiger partial charge >= 0.3 is 0 Å². The van der Waals surface area contributed by atoms with Crippen molar-refractivity contribution < 1.29 is 21.8 Å². The number of nitrogens with one attached hydrogen (secondary N) is 1. The predicted molar refractivity (Wildman–Crippen MR) is 119 cm³/mol. The van der Waals surface area contributed by atoms with Crippen LogP contribution in [0.4, 0.5) is 0 Å². The minimum atomic E-state index is -2.10. The lowest BCUT2D eigenvalue weighted by molar-refractivity contribution is -0.115. The van der Waals surface area contributed by atoms with Crippen LogP contribution in [0.1, 0.15) is 6.42 Å². The van der Waals surface area contributed by atoms with Crippen molar-refractivity contribution in [2.45, 2.75) is 18.1 Å². The minimum Gasteiger partial charge on any atom is -1.00 e. The Morgan fingerprint density at radius 1 is 0.828 bits per heavy atom. The Labute approximate surface area is 183 Å². The van der Waals surface area contributed by atoms with E-state index < -0.39 is 7.26 Å². The molecule has 1 aliphatic rings. The molecule has 4 heteroatoms. The molecule has 146 valence electrons. The number of carbonyl (C=O) groups excluding carboxylic acids is 1. The van der Waals surface area contributed by atoms with E-state index in [-0.39, 0.29) is 34.5 Å². The van der Waals surface area contributed by atoms with Gasteiger partial charge in [-0.05, 0) is 55.3 Å². The highest BCUT2D eigenvalue weighted by atomic mass is 79.9. The largest absolute Gasteiger partial charge is 1.00 e. The molecule has 3 aromatic carbocycles. The summed E-state index contributed by atoms with van der Waals surface area (Å²) in [6, 6.07) is 31.7. The standard InChI is InChI=1S/C25H23NOP.BrH/c1-2-23(27)25-24(18-19-26-25)28(20-12-6-3-7-13-20,21-14-8-4-9-15-21)22-16-10-5-11-17-22;/h1,3-17,24-26H,18-19H2;1H/q+1;/p-1. The third-order valence-corrected chi connectivity index (χ3v) is 10.5. The van der Waals surface area contributed by atoms with Gasteiger partial charge in [0, 0.05) is 0 Å². The lowest BCUT2D eigenvalue weighted by Gasteiger charge is -2.34. The van der Waals surface area contributed by atoms with Crippen molar-refractivity contribution in [2.24, 2.45) is 0 Å². The van der Waals surface area contributed by atoms with Crippen LogP contribution in [0.3, 0.4) is 0 Å². The van der Waals surface area contributed by atoms with Crippen molar-refractivity contribution in [1.29, 1.82) is 0 Å². The molecule has 0 saturated carbocycles. The monoisotopic (exact) mass is 463 g/mol. The second-order valence-corrected chi connectivity index (χ2v) is 10.7. The minimum absolute atomic E-state index is 0. The number of hydrogen-bond donors (Lipinski definition) is 1. The normalized spacial score (nSPS) is 18.4. The zero-order valence-corrected chi connectivity index (χ0v) is 18.5. The Balaban J connectivity index is 0.00000240. The predicted octanol–water partition coefficient (Wildman–Crippen LogP) is -0.0827. The van der Waals surface area contributed by atoms with Gasteiger partial charge in [0.05, 0.1) is 0 Å². The lowest BCUT2D eigenvalue weighted by atomic mass is 10.1. The van der Waals surface area contributed by atoms with Crippen LogP contribution < -0.4 is 38.2 Å². The molecule has 29 heavy (non-hydrogen) atoms. The Hall–Kier alpha value is -2.24. The van der Waals surface area contributed by atoms with Crippen LogP contribution in [0.5, 0.6) is 0 Å². The van der Waals surface area contributed by atoms with Crippen molar-refractivity contribution in [3.8, 4) is 12.3 Å². The average Bonchev–Trinajstić information content (AvgIpc) is 3.26. The average molecular weight is 464 g/mol. The van der Waals surface area contributed by atoms with E-state index in [1.807, 2.05) is 18.2 Å². The van der Waals surface area contributed by atoms with Gasteiger partial charge in [-0.2, -0.15) is 0 Å². The molecule has 0 aliphatic carbocycles. The second-order valence-electron chi connectivity index (χ2n) is 7.03. The van der Waals surface area contributed by atoms with E-state index in [2.05, 4.69) is 84.0 Å². The number of Topliss-reactive ketones (excluding diaryl/α,β-unsaturated/α-hetero) is 1. The molecule has 3 aromatic rings. The van der Waals surface area contributed by atoms with Crippen LogP contribution in [0.2, 0.25) is 0 Å². The maximum atomic E-state index is 12.7. The molecular formula is C25H23BrNOP. The molecule has 0 spiro atoms. The first kappa shape index (κ1) is 21.5. The molecule has 4 rings (SSSR count). The molecule has 0 amide bonds. The number of halogens is 1. The van der Waals surface area contributed by atoms with E-state index in [1.165, 1.54) is 15.9 Å². The quantitative estimate of drug-likeness (QED) is 0.325. The fraction of sp³-hybridized carbons (Fsp3) is 0.160. The summed E-state index contributed by atoms with van der Waals surface area (Å²) in [4.78, 5) is 12.7. The van der Waals surface area contributed by atoms with E-state index in [9.17, 15) is 4.79 Å². The molecule has 0 radical (unpaired) electrons. The highest BCUT2D eigenvalue weighted by Gasteiger charge is 2.57. The van der Waals surface area contributed by atoms with Gasteiger partial charge in [-0.15, -0.1) is 6.42 Å². The van der Waals surface area contributed by atoms with Gasteiger partial charge in [0.15, 0.2) is 0 Å². The Morgan fingerprint density at radius 2 is 1.24 bits per heavy atom. The molecule has 1 heterocycles. The SMILES string of the molecule is C#CC(=O)C1NCCC1[P+](c1ccccc1)(c1ccccc1)c1ccccc1.[Br-]. The molecule has 2 nitrogen and oxygen atoms in total. The first-order valence-corrected chi connectivity index (χ1v) is 11.4. The van der Waals surface area contributed by atoms with Gasteiger partial charge in [0.2, 0.25) is 5.78 Å². The molecule has 1 aliphatic heterocycles. The van der Waals surface area contributed by atoms with E-state index in [0.717, 1.165) is 13.0 Å². The van der Waals surface area contributed by atoms with E-state index in [1.54, 1.807) is 0 Å². The van der Waals surface area contributed by atoms with Crippen molar-refractivity contribution in [3.05, 3.63) is 91.0 Å². The zero-order valence-electron chi connectivity index (χ0n) is 16.0. The third-order valence-electron chi connectivity index (χ3n) is 5.60. The van der Waals surface area contributed by atoms with Crippen LogP contribution in [0.15, 0.2) is 91.0 Å². The topological polar surface area (TPSA) is 29.1 Å². The number of hydrogen-bond acceptors (Lipinski definition) is 2. The van der Waals surface area contributed by atoms with Crippen LogP contribution >= 0.6 is 7.26 Å². The summed E-state index contributed by atoms with van der Waals surface area (Å²) in [5.41, 5.74) is 0.128. The molecule has 0 bridgehead atoms. The molecule has 1 fully saturated rings. The molecule has 0 aromatic heterocycles. The Bertz CT molecular complexity index is 889. The van der Waals surface area contributed by atoms with Crippen LogP contribution in [0.25, 0.3) is 0 Å². The summed E-state index contributed by atoms with van der Waals surface area (Å²) < 4.78 is 0. The van der Waals surface area contributed by atoms with Gasteiger partial charge in [0.1, 0.15) is 34.9 Å². The van der Waals surface area contributed by atoms with Gasteiger partial charge in [-0.25, -0.2) is 0 Å². The Morgan fingerprint density at radius 3 is 1.62 bits per heavy atom. The summed E-state index contributed by atoms with van der Waals surface area (Å²) in [6.45, 7) is 0.803. The highest BCUT2D eigenvalue weighted by molar-refractivity contribution is 7.96. The Kier molecular flexibility index (Phi) is 7.04. The van der Waals surface area contributed by atoms with Crippen molar-refractivity contribution >= 4 is 29.0 Å². The van der Waals surface area contributed by atoms with Gasteiger partial charge in [0.25, 0.3) is 0 Å². The molecule has 2 unspecified atom stereocenters. The van der Waals surface area contributed by atoms with Gasteiger partial charge in [-0.3, -0.25) is 4.79 Å². The lowest BCUT2D eigenvalue weighted by Crippen LogP contribution is -3.00. The zero-order chi connectivity index (χ0) is 19.4. The molecule has 2 atom stereocenters. The summed E-state index contributed by atoms with van der Waals surface area (Å²) in [6.07, 6.45) is 6.47. The molecule has 1 N–H and O–H groups in total. The maximum absolute atomic E-state index is 12.7. The fourth-order valence-corrected chi connectivity index (χ4v) is 9.65. The number of rotatable bonds is 5. The van der Waals surface area contributed by atoms with Crippen molar-refractivity contribution in [3.63, 3.8) is 0 Å². The first-order valence-electron chi connectivity index (χ1n) is 9.58.